The minimum Gasteiger partial charge on any atom is -0.326 e. The average molecular weight is 500 g/mol. The minimum absolute atomic E-state index is 0.135. The molecule has 3 aromatic carbocycles. The Balaban J connectivity index is 1.28. The van der Waals surface area contributed by atoms with E-state index in [-0.39, 0.29) is 18.0 Å². The van der Waals surface area contributed by atoms with Crippen LogP contribution >= 0.6 is 0 Å². The van der Waals surface area contributed by atoms with Gasteiger partial charge in [-0.1, -0.05) is 66.7 Å². The molecule has 0 spiro atoms. The van der Waals surface area contributed by atoms with Crippen LogP contribution in [-0.2, 0) is 17.8 Å². The minimum atomic E-state index is -0.206. The molecule has 0 radical (unpaired) electrons. The molecule has 0 aliphatic carbocycles. The third-order valence-electron chi connectivity index (χ3n) is 6.63. The lowest BCUT2D eigenvalue weighted by atomic mass is 9.92. The van der Waals surface area contributed by atoms with E-state index < -0.39 is 0 Å². The van der Waals surface area contributed by atoms with Crippen molar-refractivity contribution in [2.75, 3.05) is 5.32 Å². The summed E-state index contributed by atoms with van der Waals surface area (Å²) in [6.07, 6.45) is 1.88. The summed E-state index contributed by atoms with van der Waals surface area (Å²) in [7, 11) is 0. The van der Waals surface area contributed by atoms with Crippen LogP contribution in [0, 0.1) is 6.92 Å². The van der Waals surface area contributed by atoms with Crippen molar-refractivity contribution in [2.24, 2.45) is 0 Å². The Morgan fingerprint density at radius 1 is 0.895 bits per heavy atom. The van der Waals surface area contributed by atoms with Crippen LogP contribution in [0.3, 0.4) is 0 Å². The molecular formula is C31H25N5O2. The zero-order valence-corrected chi connectivity index (χ0v) is 20.8. The number of pyridine rings is 2. The number of aryl methyl sites for hydroxylation is 1. The lowest BCUT2D eigenvalue weighted by Crippen LogP contribution is -2.21. The van der Waals surface area contributed by atoms with Crippen LogP contribution in [0.15, 0.2) is 108 Å². The molecule has 38 heavy (non-hydrogen) atoms. The third-order valence-corrected chi connectivity index (χ3v) is 6.63. The standard InChI is InChI=1S/C31H25N5O2/c1-21-26(30(23-11-3-2-4-12-23)25-14-5-6-15-27(25)32-21)19-29(37)33-24-13-9-10-22(18-24)20-36-31(38)35-17-8-7-16-28(35)34-36/h2-18H,19-20H2,1H3,(H,33,37). The van der Waals surface area contributed by atoms with Gasteiger partial charge in [-0.25, -0.2) is 9.48 Å². The number of hydrogen-bond acceptors (Lipinski definition) is 4. The lowest BCUT2D eigenvalue weighted by Gasteiger charge is -2.16. The van der Waals surface area contributed by atoms with Gasteiger partial charge in [0.15, 0.2) is 5.65 Å². The number of amides is 1. The summed E-state index contributed by atoms with van der Waals surface area (Å²) in [5.41, 5.74) is 6.64. The van der Waals surface area contributed by atoms with Gasteiger partial charge in [-0.15, -0.1) is 5.10 Å². The smallest absolute Gasteiger partial charge is 0.326 e. The molecule has 7 heteroatoms. The van der Waals surface area contributed by atoms with Crippen LogP contribution in [0.1, 0.15) is 16.8 Å². The molecule has 0 unspecified atom stereocenters. The Morgan fingerprint density at radius 3 is 2.53 bits per heavy atom. The number of nitrogens with zero attached hydrogens (tertiary/aromatic N) is 4. The Morgan fingerprint density at radius 2 is 1.68 bits per heavy atom. The van der Waals surface area contributed by atoms with Gasteiger partial charge in [-0.3, -0.25) is 14.2 Å². The number of aromatic nitrogens is 4. The summed E-state index contributed by atoms with van der Waals surface area (Å²) in [6.45, 7) is 2.25. The number of anilines is 1. The quantitative estimate of drug-likeness (QED) is 0.339. The van der Waals surface area contributed by atoms with Crippen molar-refractivity contribution in [3.63, 3.8) is 0 Å². The first-order chi connectivity index (χ1) is 18.6. The van der Waals surface area contributed by atoms with Gasteiger partial charge in [0.1, 0.15) is 0 Å². The van der Waals surface area contributed by atoms with E-state index in [1.807, 2.05) is 73.7 Å². The molecule has 1 N–H and O–H groups in total. The van der Waals surface area contributed by atoms with Gasteiger partial charge in [0.2, 0.25) is 5.91 Å². The molecule has 3 aromatic heterocycles. The topological polar surface area (TPSA) is 81.3 Å². The highest BCUT2D eigenvalue weighted by Gasteiger charge is 2.17. The Kier molecular flexibility index (Phi) is 6.01. The Bertz CT molecular complexity index is 1850. The molecule has 3 heterocycles. The van der Waals surface area contributed by atoms with Crippen LogP contribution in [0.5, 0.6) is 0 Å². The molecule has 0 bridgehead atoms. The first-order valence-corrected chi connectivity index (χ1v) is 12.4. The molecule has 6 rings (SSSR count). The van der Waals surface area contributed by atoms with Crippen LogP contribution in [0.4, 0.5) is 5.69 Å². The molecule has 186 valence electrons. The van der Waals surface area contributed by atoms with Crippen molar-refractivity contribution in [3.05, 3.63) is 131 Å². The molecular weight excluding hydrogens is 474 g/mol. The van der Waals surface area contributed by atoms with Crippen molar-refractivity contribution in [1.82, 2.24) is 19.2 Å². The van der Waals surface area contributed by atoms with E-state index in [4.69, 9.17) is 4.98 Å². The normalized spacial score (nSPS) is 11.2. The summed E-state index contributed by atoms with van der Waals surface area (Å²) in [5, 5.41) is 8.45. The molecule has 0 fully saturated rings. The second-order valence-corrected chi connectivity index (χ2v) is 9.23. The van der Waals surface area contributed by atoms with Gasteiger partial charge in [-0.2, -0.15) is 0 Å². The summed E-state index contributed by atoms with van der Waals surface area (Å²) in [4.78, 5) is 30.7. The first-order valence-electron chi connectivity index (χ1n) is 12.4. The first kappa shape index (κ1) is 23.4. The van der Waals surface area contributed by atoms with Gasteiger partial charge in [0, 0.05) is 23.0 Å². The highest BCUT2D eigenvalue weighted by atomic mass is 16.2. The number of fused-ring (bicyclic) bond motifs is 2. The Hall–Kier alpha value is -5.04. The molecule has 0 saturated carbocycles. The second kappa shape index (κ2) is 9.78. The van der Waals surface area contributed by atoms with Gasteiger partial charge in [0.05, 0.1) is 18.5 Å². The Labute approximate surface area is 219 Å². The average Bonchev–Trinajstić information content (AvgIpc) is 3.24. The number of carbonyl (C=O) groups is 1. The van der Waals surface area contributed by atoms with Crippen molar-refractivity contribution in [1.29, 1.82) is 0 Å². The van der Waals surface area contributed by atoms with Gasteiger partial charge in [-0.05, 0) is 59.5 Å². The zero-order chi connectivity index (χ0) is 26.1. The molecule has 0 aliphatic heterocycles. The molecule has 0 atom stereocenters. The van der Waals surface area contributed by atoms with E-state index in [2.05, 4.69) is 28.6 Å². The highest BCUT2D eigenvalue weighted by Crippen LogP contribution is 2.33. The number of carbonyl (C=O) groups excluding carboxylic acids is 1. The van der Waals surface area contributed by atoms with Gasteiger partial charge in [0.25, 0.3) is 0 Å². The monoisotopic (exact) mass is 499 g/mol. The summed E-state index contributed by atoms with van der Waals surface area (Å²) in [5.74, 6) is -0.135. The summed E-state index contributed by atoms with van der Waals surface area (Å²) in [6, 6.07) is 31.1. The molecule has 6 aromatic rings. The van der Waals surface area contributed by atoms with E-state index in [0.29, 0.717) is 17.9 Å². The van der Waals surface area contributed by atoms with Crippen molar-refractivity contribution >= 4 is 28.1 Å². The van der Waals surface area contributed by atoms with E-state index in [1.54, 1.807) is 18.3 Å². The molecule has 0 saturated heterocycles. The predicted molar refractivity (Wildman–Crippen MR) is 149 cm³/mol. The third kappa shape index (κ3) is 4.46. The van der Waals surface area contributed by atoms with Gasteiger partial charge < -0.3 is 5.32 Å². The summed E-state index contributed by atoms with van der Waals surface area (Å²) >= 11 is 0. The SMILES string of the molecule is Cc1nc2ccccc2c(-c2ccccc2)c1CC(=O)Nc1cccc(Cn2nc3ccccn3c2=O)c1. The van der Waals surface area contributed by atoms with Crippen molar-refractivity contribution < 1.29 is 4.79 Å². The lowest BCUT2D eigenvalue weighted by molar-refractivity contribution is -0.115. The van der Waals surface area contributed by atoms with E-state index in [9.17, 15) is 9.59 Å². The fraction of sp³-hybridized carbons (Fsp3) is 0.0968. The molecule has 0 aliphatic rings. The van der Waals surface area contributed by atoms with Crippen molar-refractivity contribution in [2.45, 2.75) is 19.9 Å². The number of para-hydroxylation sites is 1. The number of benzene rings is 3. The maximum absolute atomic E-state index is 13.3. The number of hydrogen-bond donors (Lipinski definition) is 1. The maximum Gasteiger partial charge on any atom is 0.350 e. The van der Waals surface area contributed by atoms with Gasteiger partial charge >= 0.3 is 5.69 Å². The second-order valence-electron chi connectivity index (χ2n) is 9.23. The van der Waals surface area contributed by atoms with E-state index >= 15 is 0 Å². The van der Waals surface area contributed by atoms with E-state index in [0.717, 1.165) is 38.9 Å². The predicted octanol–water partition coefficient (Wildman–Crippen LogP) is 5.25. The largest absolute Gasteiger partial charge is 0.350 e. The number of rotatable bonds is 6. The van der Waals surface area contributed by atoms with E-state index in [1.165, 1.54) is 9.08 Å². The van der Waals surface area contributed by atoms with Crippen LogP contribution in [0.2, 0.25) is 0 Å². The molecule has 1 amide bonds. The number of nitrogens with one attached hydrogen (secondary N) is 1. The maximum atomic E-state index is 13.3. The highest BCUT2D eigenvalue weighted by molar-refractivity contribution is 6.00. The molecule has 7 nitrogen and oxygen atoms in total. The van der Waals surface area contributed by atoms with Crippen LogP contribution < -0.4 is 11.0 Å². The van der Waals surface area contributed by atoms with Crippen LogP contribution in [0.25, 0.3) is 27.7 Å². The van der Waals surface area contributed by atoms with Crippen molar-refractivity contribution in [3.8, 4) is 11.1 Å². The fourth-order valence-corrected chi connectivity index (χ4v) is 4.88. The fourth-order valence-electron chi connectivity index (χ4n) is 4.88. The zero-order valence-electron chi connectivity index (χ0n) is 20.8. The van der Waals surface area contributed by atoms with Crippen LogP contribution in [-0.4, -0.2) is 25.1 Å². The summed E-state index contributed by atoms with van der Waals surface area (Å²) < 4.78 is 2.93.